The normalized spacial score (nSPS) is 9.67. The fourth-order valence-electron chi connectivity index (χ4n) is 0.592. The van der Waals surface area contributed by atoms with Gasteiger partial charge in [-0.25, -0.2) is 0 Å². The van der Waals surface area contributed by atoms with Crippen LogP contribution in [0.15, 0.2) is 0 Å². The zero-order chi connectivity index (χ0) is 10.1. The zero-order valence-electron chi connectivity index (χ0n) is 9.35. The Kier molecular flexibility index (Phi) is 10.3. The summed E-state index contributed by atoms with van der Waals surface area (Å²) < 4.78 is 0. The minimum absolute atomic E-state index is 0.271. The molecule has 0 radical (unpaired) electrons. The monoisotopic (exact) mass is 173 g/mol. The molecule has 0 aromatic rings. The molecule has 0 spiro atoms. The maximum Gasteiger partial charge on any atom is 0.131 e. The molecule has 0 aliphatic heterocycles. The number of rotatable bonds is 4. The summed E-state index contributed by atoms with van der Waals surface area (Å²) in [7, 11) is 2.04. The van der Waals surface area contributed by atoms with E-state index >= 15 is 0 Å². The smallest absolute Gasteiger partial charge is 0.131 e. The van der Waals surface area contributed by atoms with Crippen LogP contribution < -0.4 is 0 Å². The first-order chi connectivity index (χ1) is 5.54. The summed E-state index contributed by atoms with van der Waals surface area (Å²) in [4.78, 5) is 12.7. The summed E-state index contributed by atoms with van der Waals surface area (Å²) in [6, 6.07) is 0.541. The van der Waals surface area contributed by atoms with Crippen molar-refractivity contribution in [1.82, 2.24) is 4.90 Å². The molecular formula is C10H23NO. The molecule has 0 fully saturated rings. The van der Waals surface area contributed by atoms with Gasteiger partial charge in [0.05, 0.1) is 0 Å². The molecule has 0 aromatic carbocycles. The first-order valence-electron chi connectivity index (χ1n) is 4.73. The molecule has 0 bridgehead atoms. The van der Waals surface area contributed by atoms with Crippen molar-refractivity contribution in [3.63, 3.8) is 0 Å². The minimum atomic E-state index is 0.271. The first-order valence-corrected chi connectivity index (χ1v) is 4.73. The summed E-state index contributed by atoms with van der Waals surface area (Å²) in [6.07, 6.45) is 0.675. The lowest BCUT2D eigenvalue weighted by Gasteiger charge is -2.19. The second-order valence-corrected chi connectivity index (χ2v) is 3.03. The minimum Gasteiger partial charge on any atom is -0.304 e. The van der Waals surface area contributed by atoms with E-state index in [1.807, 2.05) is 20.9 Å². The topological polar surface area (TPSA) is 20.3 Å². The van der Waals surface area contributed by atoms with Gasteiger partial charge >= 0.3 is 0 Å². The highest BCUT2D eigenvalue weighted by atomic mass is 16.1. The van der Waals surface area contributed by atoms with Crippen molar-refractivity contribution in [3.8, 4) is 0 Å². The third kappa shape index (κ3) is 9.63. The van der Waals surface area contributed by atoms with Crippen molar-refractivity contribution in [2.75, 3.05) is 13.6 Å². The highest BCUT2D eigenvalue weighted by Gasteiger charge is 2.02. The van der Waals surface area contributed by atoms with E-state index in [4.69, 9.17) is 0 Å². The number of nitrogens with zero attached hydrogens (tertiary/aromatic N) is 1. The van der Waals surface area contributed by atoms with E-state index in [-0.39, 0.29) is 5.78 Å². The van der Waals surface area contributed by atoms with Crippen molar-refractivity contribution < 1.29 is 4.79 Å². The van der Waals surface area contributed by atoms with Crippen molar-refractivity contribution >= 4 is 5.78 Å². The van der Waals surface area contributed by atoms with Gasteiger partial charge in [0.1, 0.15) is 5.78 Å². The van der Waals surface area contributed by atoms with Crippen LogP contribution in [0.1, 0.15) is 41.0 Å². The van der Waals surface area contributed by atoms with Gasteiger partial charge in [0.2, 0.25) is 0 Å². The highest BCUT2D eigenvalue weighted by Crippen LogP contribution is 1.94. The van der Waals surface area contributed by atoms with E-state index in [1.165, 1.54) is 0 Å². The predicted molar refractivity (Wildman–Crippen MR) is 54.4 cm³/mol. The summed E-state index contributed by atoms with van der Waals surface area (Å²) in [5.41, 5.74) is 0. The van der Waals surface area contributed by atoms with Crippen molar-refractivity contribution in [3.05, 3.63) is 0 Å². The lowest BCUT2D eigenvalue weighted by atomic mass is 10.2. The molecule has 0 aliphatic rings. The van der Waals surface area contributed by atoms with Crippen LogP contribution >= 0.6 is 0 Å². The van der Waals surface area contributed by atoms with E-state index in [1.54, 1.807) is 6.92 Å². The van der Waals surface area contributed by atoms with E-state index in [2.05, 4.69) is 18.7 Å². The Morgan fingerprint density at radius 3 is 2.00 bits per heavy atom. The Morgan fingerprint density at radius 2 is 1.75 bits per heavy atom. The summed E-state index contributed by atoms with van der Waals surface area (Å²) in [5, 5.41) is 0. The van der Waals surface area contributed by atoms with Crippen LogP contribution in [-0.2, 0) is 4.79 Å². The van der Waals surface area contributed by atoms with E-state index in [9.17, 15) is 4.79 Å². The maximum absolute atomic E-state index is 10.5. The predicted octanol–water partition coefficient (Wildman–Crippen LogP) is 2.33. The Balaban J connectivity index is 0. The quantitative estimate of drug-likeness (QED) is 0.650. The summed E-state index contributed by atoms with van der Waals surface area (Å²) in [6.45, 7) is 10.8. The van der Waals surface area contributed by atoms with Gasteiger partial charge in [-0.05, 0) is 27.8 Å². The molecule has 2 heteroatoms. The standard InChI is InChI=1S/C8H17NO.C2H6/c1-7(2)9(4)6-5-8(3)10;1-2/h7H,5-6H2,1-4H3;1-2H3. The van der Waals surface area contributed by atoms with Gasteiger partial charge in [0, 0.05) is 19.0 Å². The van der Waals surface area contributed by atoms with Crippen molar-refractivity contribution in [1.29, 1.82) is 0 Å². The molecule has 0 unspecified atom stereocenters. The van der Waals surface area contributed by atoms with Crippen LogP contribution in [0.25, 0.3) is 0 Å². The van der Waals surface area contributed by atoms with Gasteiger partial charge in [0.25, 0.3) is 0 Å². The summed E-state index contributed by atoms with van der Waals surface area (Å²) in [5.74, 6) is 0.271. The van der Waals surface area contributed by atoms with Crippen molar-refractivity contribution in [2.24, 2.45) is 0 Å². The Hall–Kier alpha value is -0.370. The van der Waals surface area contributed by atoms with E-state index in [0.29, 0.717) is 12.5 Å². The molecule has 0 amide bonds. The number of hydrogen-bond acceptors (Lipinski definition) is 2. The molecule has 0 saturated carbocycles. The fraction of sp³-hybridized carbons (Fsp3) is 0.900. The SMILES string of the molecule is CC.CC(=O)CCN(C)C(C)C. The third-order valence-electron chi connectivity index (χ3n) is 1.70. The summed E-state index contributed by atoms with van der Waals surface area (Å²) >= 11 is 0. The zero-order valence-corrected chi connectivity index (χ0v) is 9.35. The number of carbonyl (C=O) groups excluding carboxylic acids is 1. The molecule has 0 saturated heterocycles. The molecular weight excluding hydrogens is 150 g/mol. The van der Waals surface area contributed by atoms with E-state index < -0.39 is 0 Å². The van der Waals surface area contributed by atoms with Gasteiger partial charge in [-0.15, -0.1) is 0 Å². The second-order valence-electron chi connectivity index (χ2n) is 3.03. The second kappa shape index (κ2) is 8.72. The Bertz CT molecular complexity index is 110. The lowest BCUT2D eigenvalue weighted by Crippen LogP contribution is -2.28. The molecule has 0 aromatic heterocycles. The van der Waals surface area contributed by atoms with Gasteiger partial charge in [-0.1, -0.05) is 13.8 Å². The number of Topliss-reactive ketones (excluding diaryl/α,β-unsaturated/α-hetero) is 1. The average molecular weight is 173 g/mol. The van der Waals surface area contributed by atoms with Crippen LogP contribution in [0, 0.1) is 0 Å². The lowest BCUT2D eigenvalue weighted by molar-refractivity contribution is -0.117. The van der Waals surface area contributed by atoms with Crippen LogP contribution in [0.4, 0.5) is 0 Å². The first kappa shape index (κ1) is 14.2. The molecule has 0 N–H and O–H groups in total. The number of ketones is 1. The highest BCUT2D eigenvalue weighted by molar-refractivity contribution is 5.75. The fourth-order valence-corrected chi connectivity index (χ4v) is 0.592. The largest absolute Gasteiger partial charge is 0.304 e. The number of carbonyl (C=O) groups is 1. The van der Waals surface area contributed by atoms with Crippen LogP contribution in [0.3, 0.4) is 0 Å². The van der Waals surface area contributed by atoms with Crippen LogP contribution in [0.5, 0.6) is 0 Å². The van der Waals surface area contributed by atoms with E-state index in [0.717, 1.165) is 6.54 Å². The molecule has 0 atom stereocenters. The molecule has 0 aliphatic carbocycles. The van der Waals surface area contributed by atoms with Gasteiger partial charge in [-0.2, -0.15) is 0 Å². The maximum atomic E-state index is 10.5. The van der Waals surface area contributed by atoms with Gasteiger partial charge in [0.15, 0.2) is 0 Å². The van der Waals surface area contributed by atoms with Gasteiger partial charge in [-0.3, -0.25) is 4.79 Å². The number of hydrogen-bond donors (Lipinski definition) is 0. The molecule has 74 valence electrons. The molecule has 0 rings (SSSR count). The van der Waals surface area contributed by atoms with Crippen molar-refractivity contribution in [2.45, 2.75) is 47.1 Å². The van der Waals surface area contributed by atoms with Crippen LogP contribution in [0.2, 0.25) is 0 Å². The average Bonchev–Trinajstić information content (AvgIpc) is 2.03. The van der Waals surface area contributed by atoms with Crippen LogP contribution in [-0.4, -0.2) is 30.3 Å². The molecule has 12 heavy (non-hydrogen) atoms. The Morgan fingerprint density at radius 1 is 1.33 bits per heavy atom. The molecule has 2 nitrogen and oxygen atoms in total. The Labute approximate surface area is 77.0 Å². The van der Waals surface area contributed by atoms with Gasteiger partial charge < -0.3 is 4.90 Å². The molecule has 0 heterocycles. The third-order valence-corrected chi connectivity index (χ3v) is 1.70.